The molecular formula is C17H21N3O3S. The molecule has 0 bridgehead atoms. The summed E-state index contributed by atoms with van der Waals surface area (Å²) in [5.74, 6) is 0.142. The maximum Gasteiger partial charge on any atom is 0.261 e. The number of hydrogen-bond donors (Lipinski definition) is 1. The third-order valence-corrected chi connectivity index (χ3v) is 4.23. The van der Waals surface area contributed by atoms with Gasteiger partial charge in [-0.2, -0.15) is 0 Å². The molecule has 0 radical (unpaired) electrons. The van der Waals surface area contributed by atoms with Gasteiger partial charge in [0.2, 0.25) is 5.91 Å². The number of aromatic nitrogens is 1. The molecule has 1 aromatic heterocycles. The molecule has 1 N–H and O–H groups in total. The van der Waals surface area contributed by atoms with Crippen molar-refractivity contribution in [3.8, 4) is 5.75 Å². The molecule has 1 unspecified atom stereocenters. The minimum absolute atomic E-state index is 0.0223. The van der Waals surface area contributed by atoms with Crippen LogP contribution in [0.5, 0.6) is 5.75 Å². The van der Waals surface area contributed by atoms with Gasteiger partial charge >= 0.3 is 0 Å². The Morgan fingerprint density at radius 3 is 2.71 bits per heavy atom. The minimum atomic E-state index is -0.265. The lowest BCUT2D eigenvalue weighted by Gasteiger charge is -2.27. The summed E-state index contributed by atoms with van der Waals surface area (Å²) in [6.07, 6.45) is 2.37. The van der Waals surface area contributed by atoms with Crippen LogP contribution in [0.3, 0.4) is 0 Å². The van der Waals surface area contributed by atoms with E-state index < -0.39 is 0 Å². The Balaban J connectivity index is 1.93. The van der Waals surface area contributed by atoms with E-state index in [0.29, 0.717) is 10.9 Å². The van der Waals surface area contributed by atoms with Gasteiger partial charge in [0.1, 0.15) is 12.3 Å². The molecule has 128 valence electrons. The van der Waals surface area contributed by atoms with Gasteiger partial charge in [-0.3, -0.25) is 9.59 Å². The van der Waals surface area contributed by atoms with Crippen molar-refractivity contribution >= 4 is 28.3 Å². The Labute approximate surface area is 145 Å². The van der Waals surface area contributed by atoms with Crippen molar-refractivity contribution in [1.82, 2.24) is 9.88 Å². The predicted octanol–water partition coefficient (Wildman–Crippen LogP) is 2.79. The van der Waals surface area contributed by atoms with Crippen LogP contribution < -0.4 is 10.1 Å². The number of amides is 2. The van der Waals surface area contributed by atoms with Crippen molar-refractivity contribution in [3.05, 3.63) is 41.9 Å². The summed E-state index contributed by atoms with van der Waals surface area (Å²) in [4.78, 5) is 30.1. The predicted molar refractivity (Wildman–Crippen MR) is 94.1 cm³/mol. The minimum Gasteiger partial charge on any atom is -0.484 e. The highest BCUT2D eigenvalue weighted by molar-refractivity contribution is 7.13. The fraction of sp³-hybridized carbons (Fsp3) is 0.353. The Kier molecular flexibility index (Phi) is 6.74. The van der Waals surface area contributed by atoms with Crippen LogP contribution in [0.1, 0.15) is 20.3 Å². The number of carbonyl (C=O) groups is 2. The van der Waals surface area contributed by atoms with Crippen LogP contribution in [0.2, 0.25) is 0 Å². The lowest BCUT2D eigenvalue weighted by molar-refractivity contribution is -0.138. The Hall–Kier alpha value is -2.41. The molecule has 0 aliphatic carbocycles. The molecule has 1 atom stereocenters. The summed E-state index contributed by atoms with van der Waals surface area (Å²) < 4.78 is 5.50. The van der Waals surface area contributed by atoms with Gasteiger partial charge in [0.25, 0.3) is 5.91 Å². The lowest BCUT2D eigenvalue weighted by atomic mass is 10.2. The molecular weight excluding hydrogens is 326 g/mol. The average Bonchev–Trinajstić information content (AvgIpc) is 3.10. The Morgan fingerprint density at radius 2 is 2.08 bits per heavy atom. The lowest BCUT2D eigenvalue weighted by Crippen LogP contribution is -2.45. The second kappa shape index (κ2) is 9.02. The van der Waals surface area contributed by atoms with E-state index >= 15 is 0 Å². The first-order chi connectivity index (χ1) is 11.6. The number of carbonyl (C=O) groups excluding carboxylic acids is 2. The first-order valence-electron chi connectivity index (χ1n) is 7.76. The number of thiazole rings is 1. The normalized spacial score (nSPS) is 11.6. The molecule has 0 saturated heterocycles. The van der Waals surface area contributed by atoms with Crippen LogP contribution in [0.25, 0.3) is 0 Å². The second-order valence-corrected chi connectivity index (χ2v) is 6.16. The molecule has 0 spiro atoms. The van der Waals surface area contributed by atoms with Crippen molar-refractivity contribution in [2.24, 2.45) is 0 Å². The van der Waals surface area contributed by atoms with E-state index in [4.69, 9.17) is 4.74 Å². The van der Waals surface area contributed by atoms with E-state index in [1.165, 1.54) is 16.2 Å². The van der Waals surface area contributed by atoms with Gasteiger partial charge in [0, 0.05) is 17.6 Å². The van der Waals surface area contributed by atoms with E-state index in [9.17, 15) is 9.59 Å². The Morgan fingerprint density at radius 1 is 1.33 bits per heavy atom. The van der Waals surface area contributed by atoms with Crippen molar-refractivity contribution in [1.29, 1.82) is 0 Å². The zero-order chi connectivity index (χ0) is 17.4. The molecule has 0 fully saturated rings. The maximum absolute atomic E-state index is 12.5. The first kappa shape index (κ1) is 17.9. The van der Waals surface area contributed by atoms with Crippen LogP contribution in [-0.4, -0.2) is 40.9 Å². The second-order valence-electron chi connectivity index (χ2n) is 5.27. The average molecular weight is 347 g/mol. The van der Waals surface area contributed by atoms with E-state index in [1.54, 1.807) is 23.7 Å². The van der Waals surface area contributed by atoms with E-state index in [-0.39, 0.29) is 31.0 Å². The molecule has 0 aliphatic rings. The molecule has 2 rings (SSSR count). The van der Waals surface area contributed by atoms with Crippen molar-refractivity contribution in [2.75, 3.05) is 18.5 Å². The van der Waals surface area contributed by atoms with Gasteiger partial charge in [-0.15, -0.1) is 11.3 Å². The van der Waals surface area contributed by atoms with Crippen LogP contribution in [-0.2, 0) is 9.59 Å². The first-order valence-corrected chi connectivity index (χ1v) is 8.64. The van der Waals surface area contributed by atoms with Gasteiger partial charge < -0.3 is 15.0 Å². The van der Waals surface area contributed by atoms with E-state index in [1.807, 2.05) is 32.0 Å². The number of benzene rings is 1. The topological polar surface area (TPSA) is 71.5 Å². The molecule has 24 heavy (non-hydrogen) atoms. The van der Waals surface area contributed by atoms with Gasteiger partial charge in [0.05, 0.1) is 0 Å². The van der Waals surface area contributed by atoms with Gasteiger partial charge in [-0.05, 0) is 25.5 Å². The number of rotatable bonds is 8. The molecule has 0 aliphatic heterocycles. The highest BCUT2D eigenvalue weighted by Gasteiger charge is 2.22. The van der Waals surface area contributed by atoms with Gasteiger partial charge in [-0.25, -0.2) is 4.98 Å². The zero-order valence-corrected chi connectivity index (χ0v) is 14.6. The SMILES string of the molecule is CCC(C)N(CC(=O)Nc1nccs1)C(=O)COc1ccccc1. The highest BCUT2D eigenvalue weighted by atomic mass is 32.1. The molecule has 7 heteroatoms. The van der Waals surface area contributed by atoms with Crippen molar-refractivity contribution < 1.29 is 14.3 Å². The summed E-state index contributed by atoms with van der Waals surface area (Å²) in [7, 11) is 0. The number of nitrogens with one attached hydrogen (secondary N) is 1. The number of anilines is 1. The third kappa shape index (κ3) is 5.34. The summed E-state index contributed by atoms with van der Waals surface area (Å²) in [5.41, 5.74) is 0. The van der Waals surface area contributed by atoms with E-state index in [2.05, 4.69) is 10.3 Å². The molecule has 1 heterocycles. The number of para-hydroxylation sites is 1. The third-order valence-electron chi connectivity index (χ3n) is 3.54. The number of hydrogen-bond acceptors (Lipinski definition) is 5. The van der Waals surface area contributed by atoms with Gasteiger partial charge in [-0.1, -0.05) is 25.1 Å². The largest absolute Gasteiger partial charge is 0.484 e. The molecule has 6 nitrogen and oxygen atoms in total. The van der Waals surface area contributed by atoms with E-state index in [0.717, 1.165) is 6.42 Å². The van der Waals surface area contributed by atoms with Crippen LogP contribution in [0.4, 0.5) is 5.13 Å². The summed E-state index contributed by atoms with van der Waals surface area (Å²) in [6.45, 7) is 3.77. The van der Waals surface area contributed by atoms with Crippen LogP contribution in [0.15, 0.2) is 41.9 Å². The summed E-state index contributed by atoms with van der Waals surface area (Å²) in [5, 5.41) is 5.00. The highest BCUT2D eigenvalue weighted by Crippen LogP contribution is 2.12. The standard InChI is InChI=1S/C17H21N3O3S/c1-3-13(2)20(11-15(21)19-17-18-9-10-24-17)16(22)12-23-14-7-5-4-6-8-14/h4-10,13H,3,11-12H2,1-2H3,(H,18,19,21). The number of ether oxygens (including phenoxy) is 1. The van der Waals surface area contributed by atoms with Crippen LogP contribution in [0, 0.1) is 0 Å². The quantitative estimate of drug-likeness (QED) is 0.797. The van der Waals surface area contributed by atoms with Gasteiger partial charge in [0.15, 0.2) is 11.7 Å². The zero-order valence-electron chi connectivity index (χ0n) is 13.8. The molecule has 1 aromatic carbocycles. The maximum atomic E-state index is 12.5. The molecule has 2 amide bonds. The molecule has 0 saturated carbocycles. The fourth-order valence-corrected chi connectivity index (χ4v) is 2.60. The fourth-order valence-electron chi connectivity index (χ4n) is 2.05. The summed E-state index contributed by atoms with van der Waals surface area (Å²) in [6, 6.07) is 9.08. The smallest absolute Gasteiger partial charge is 0.261 e. The Bertz CT molecular complexity index is 646. The van der Waals surface area contributed by atoms with Crippen molar-refractivity contribution in [3.63, 3.8) is 0 Å². The van der Waals surface area contributed by atoms with Crippen molar-refractivity contribution in [2.45, 2.75) is 26.3 Å². The summed E-state index contributed by atoms with van der Waals surface area (Å²) >= 11 is 1.34. The van der Waals surface area contributed by atoms with Crippen LogP contribution >= 0.6 is 11.3 Å². The number of nitrogens with zero attached hydrogens (tertiary/aromatic N) is 2. The molecule has 2 aromatic rings. The monoisotopic (exact) mass is 347 g/mol.